The summed E-state index contributed by atoms with van der Waals surface area (Å²) in [5.74, 6) is 0.955. The largest absolute Gasteiger partial charge is 0.492 e. The average molecular weight is 148 g/mol. The summed E-state index contributed by atoms with van der Waals surface area (Å²) in [6.45, 7) is 0.539. The van der Waals surface area contributed by atoms with Crippen molar-refractivity contribution in [2.45, 2.75) is 12.5 Å². The molecular weight excluding hydrogens is 138 g/mol. The van der Waals surface area contributed by atoms with Crippen LogP contribution in [0.15, 0.2) is 24.3 Å². The van der Waals surface area contributed by atoms with E-state index in [0.29, 0.717) is 6.61 Å². The highest BCUT2D eigenvalue weighted by Crippen LogP contribution is 2.23. The van der Waals surface area contributed by atoms with Gasteiger partial charge in [-0.15, -0.1) is 0 Å². The molecule has 1 radical (unpaired) electrons. The highest BCUT2D eigenvalue weighted by molar-refractivity contribution is 5.35. The lowest BCUT2D eigenvalue weighted by molar-refractivity contribution is 0.260. The second kappa shape index (κ2) is 2.55. The van der Waals surface area contributed by atoms with Gasteiger partial charge in [0, 0.05) is 0 Å². The third kappa shape index (κ3) is 1.21. The number of ether oxygens (including phenoxy) is 1. The van der Waals surface area contributed by atoms with Crippen LogP contribution in [0.25, 0.3) is 0 Å². The lowest BCUT2D eigenvalue weighted by atomic mass is 10.0. The van der Waals surface area contributed by atoms with Gasteiger partial charge >= 0.3 is 0 Å². The van der Waals surface area contributed by atoms with Crippen LogP contribution in [-0.2, 0) is 6.42 Å². The Kier molecular flexibility index (Phi) is 1.55. The number of benzene rings is 1. The standard InChI is InChI=1S/C9H10NO/c10-8-5-7-3-1-2-4-9(7)11-6-8/h1-4,8,10H,5-6H2. The van der Waals surface area contributed by atoms with Crippen molar-refractivity contribution in [1.29, 1.82) is 0 Å². The molecule has 1 atom stereocenters. The smallest absolute Gasteiger partial charge is 0.122 e. The molecule has 0 amide bonds. The van der Waals surface area contributed by atoms with Crippen molar-refractivity contribution in [3.05, 3.63) is 29.8 Å². The predicted octanol–water partition coefficient (Wildman–Crippen LogP) is 1.27. The van der Waals surface area contributed by atoms with Crippen molar-refractivity contribution in [3.8, 4) is 5.75 Å². The summed E-state index contributed by atoms with van der Waals surface area (Å²) in [5, 5.41) is 0. The lowest BCUT2D eigenvalue weighted by Crippen LogP contribution is -2.26. The molecule has 0 fully saturated rings. The number of nitrogens with one attached hydrogen (secondary N) is 1. The second-order valence-electron chi connectivity index (χ2n) is 2.82. The van der Waals surface area contributed by atoms with Crippen LogP contribution in [-0.4, -0.2) is 12.6 Å². The summed E-state index contributed by atoms with van der Waals surface area (Å²) in [6, 6.07) is 7.85. The Labute approximate surface area is 66.0 Å². The van der Waals surface area contributed by atoms with Crippen LogP contribution >= 0.6 is 0 Å². The van der Waals surface area contributed by atoms with Crippen LogP contribution < -0.4 is 10.5 Å². The molecule has 11 heavy (non-hydrogen) atoms. The SMILES string of the molecule is [NH]C1COc2ccccc2C1. The van der Waals surface area contributed by atoms with Gasteiger partial charge < -0.3 is 4.74 Å². The van der Waals surface area contributed by atoms with Gasteiger partial charge in [-0.25, -0.2) is 0 Å². The Bertz CT molecular complexity index is 259. The molecule has 2 rings (SSSR count). The van der Waals surface area contributed by atoms with E-state index in [4.69, 9.17) is 10.5 Å². The van der Waals surface area contributed by atoms with Crippen molar-refractivity contribution >= 4 is 0 Å². The summed E-state index contributed by atoms with van der Waals surface area (Å²) < 4.78 is 5.35. The maximum absolute atomic E-state index is 7.48. The van der Waals surface area contributed by atoms with E-state index in [1.807, 2.05) is 24.3 Å². The Balaban J connectivity index is 2.34. The van der Waals surface area contributed by atoms with Gasteiger partial charge in [0.2, 0.25) is 0 Å². The van der Waals surface area contributed by atoms with E-state index in [9.17, 15) is 0 Å². The van der Waals surface area contributed by atoms with Crippen LogP contribution in [0.3, 0.4) is 0 Å². The highest BCUT2D eigenvalue weighted by Gasteiger charge is 2.15. The Morgan fingerprint density at radius 2 is 2.18 bits per heavy atom. The van der Waals surface area contributed by atoms with Crippen molar-refractivity contribution in [2.75, 3.05) is 6.61 Å². The Morgan fingerprint density at radius 3 is 3.09 bits per heavy atom. The summed E-state index contributed by atoms with van der Waals surface area (Å²) in [4.78, 5) is 0. The molecule has 1 aromatic rings. The minimum absolute atomic E-state index is 0.0788. The summed E-state index contributed by atoms with van der Waals surface area (Å²) >= 11 is 0. The van der Waals surface area contributed by atoms with Crippen LogP contribution in [0.4, 0.5) is 0 Å². The summed E-state index contributed by atoms with van der Waals surface area (Å²) in [7, 11) is 0. The van der Waals surface area contributed by atoms with E-state index in [0.717, 1.165) is 12.2 Å². The van der Waals surface area contributed by atoms with E-state index >= 15 is 0 Å². The molecule has 2 heteroatoms. The molecule has 57 valence electrons. The first-order chi connectivity index (χ1) is 5.36. The van der Waals surface area contributed by atoms with E-state index < -0.39 is 0 Å². The van der Waals surface area contributed by atoms with Crippen LogP contribution in [0, 0.1) is 0 Å². The monoisotopic (exact) mass is 148 g/mol. The molecule has 1 aromatic carbocycles. The van der Waals surface area contributed by atoms with Crippen LogP contribution in [0.2, 0.25) is 0 Å². The number of fused-ring (bicyclic) bond motifs is 1. The normalized spacial score (nSPS) is 22.1. The Hall–Kier alpha value is -1.02. The minimum Gasteiger partial charge on any atom is -0.492 e. The first-order valence-electron chi connectivity index (χ1n) is 3.78. The van der Waals surface area contributed by atoms with Crippen molar-refractivity contribution in [2.24, 2.45) is 0 Å². The lowest BCUT2D eigenvalue weighted by Gasteiger charge is -2.21. The predicted molar refractivity (Wildman–Crippen MR) is 42.5 cm³/mol. The molecule has 1 unspecified atom stereocenters. The number of hydrogen-bond donors (Lipinski definition) is 0. The van der Waals surface area contributed by atoms with E-state index in [2.05, 4.69) is 0 Å². The molecule has 2 nitrogen and oxygen atoms in total. The van der Waals surface area contributed by atoms with Crippen molar-refractivity contribution < 1.29 is 4.74 Å². The molecule has 0 bridgehead atoms. The van der Waals surface area contributed by atoms with Gasteiger partial charge in [0.05, 0.1) is 6.04 Å². The molecule has 0 aromatic heterocycles. The third-order valence-electron chi connectivity index (χ3n) is 1.88. The number of rotatable bonds is 0. The van der Waals surface area contributed by atoms with E-state index in [-0.39, 0.29) is 6.04 Å². The zero-order valence-electron chi connectivity index (χ0n) is 6.21. The second-order valence-corrected chi connectivity index (χ2v) is 2.82. The summed E-state index contributed by atoms with van der Waals surface area (Å²) in [6.07, 6.45) is 0.830. The topological polar surface area (TPSA) is 33.0 Å². The molecule has 0 saturated carbocycles. The van der Waals surface area contributed by atoms with Crippen molar-refractivity contribution in [3.63, 3.8) is 0 Å². The molecule has 0 saturated heterocycles. The zero-order valence-corrected chi connectivity index (χ0v) is 6.21. The average Bonchev–Trinajstić information content (AvgIpc) is 2.04. The van der Waals surface area contributed by atoms with Crippen molar-refractivity contribution in [1.82, 2.24) is 5.73 Å². The highest BCUT2D eigenvalue weighted by atomic mass is 16.5. The molecule has 1 N–H and O–H groups in total. The number of para-hydroxylation sites is 1. The van der Waals surface area contributed by atoms with Gasteiger partial charge in [-0.05, 0) is 18.1 Å². The molecule has 0 aliphatic carbocycles. The third-order valence-corrected chi connectivity index (χ3v) is 1.88. The fraction of sp³-hybridized carbons (Fsp3) is 0.333. The van der Waals surface area contributed by atoms with E-state index in [1.165, 1.54) is 5.56 Å². The first-order valence-corrected chi connectivity index (χ1v) is 3.78. The fourth-order valence-electron chi connectivity index (χ4n) is 1.33. The molecule has 1 aliphatic heterocycles. The molecule has 0 spiro atoms. The molecule has 1 heterocycles. The Morgan fingerprint density at radius 1 is 1.36 bits per heavy atom. The molecular formula is C9H10NO. The van der Waals surface area contributed by atoms with Crippen LogP contribution in [0.1, 0.15) is 5.56 Å². The van der Waals surface area contributed by atoms with Gasteiger partial charge in [0.15, 0.2) is 0 Å². The molecule has 1 aliphatic rings. The minimum atomic E-state index is -0.0788. The van der Waals surface area contributed by atoms with Gasteiger partial charge in [-0.3, -0.25) is 5.73 Å². The number of hydrogen-bond acceptors (Lipinski definition) is 1. The maximum atomic E-state index is 7.48. The van der Waals surface area contributed by atoms with E-state index in [1.54, 1.807) is 0 Å². The quantitative estimate of drug-likeness (QED) is 0.545. The van der Waals surface area contributed by atoms with Gasteiger partial charge in [-0.2, -0.15) is 0 Å². The van der Waals surface area contributed by atoms with Gasteiger partial charge in [0.25, 0.3) is 0 Å². The van der Waals surface area contributed by atoms with Crippen LogP contribution in [0.5, 0.6) is 5.75 Å². The fourth-order valence-corrected chi connectivity index (χ4v) is 1.33. The maximum Gasteiger partial charge on any atom is 0.122 e. The zero-order chi connectivity index (χ0) is 7.68. The van der Waals surface area contributed by atoms with Gasteiger partial charge in [-0.1, -0.05) is 18.2 Å². The summed E-state index contributed by atoms with van der Waals surface area (Å²) in [5.41, 5.74) is 8.64. The first kappa shape index (κ1) is 6.68. The van der Waals surface area contributed by atoms with Gasteiger partial charge in [0.1, 0.15) is 12.4 Å².